The van der Waals surface area contributed by atoms with Crippen LogP contribution in [0.1, 0.15) is 44.6 Å². The third kappa shape index (κ3) is 7.96. The average Bonchev–Trinajstić information content (AvgIpc) is 2.99. The Balaban J connectivity index is 1.67. The first-order valence-corrected chi connectivity index (χ1v) is 16.0. The molecule has 1 saturated carbocycles. The van der Waals surface area contributed by atoms with Crippen molar-refractivity contribution in [2.45, 2.75) is 62.6 Å². The number of methoxy groups -OCH3 is 1. The van der Waals surface area contributed by atoms with E-state index in [1.54, 1.807) is 49.4 Å². The van der Waals surface area contributed by atoms with Crippen LogP contribution in [-0.2, 0) is 26.2 Å². The third-order valence-corrected chi connectivity index (χ3v) is 9.68. The fourth-order valence-corrected chi connectivity index (χ4v) is 6.69. The number of amides is 2. The summed E-state index contributed by atoms with van der Waals surface area (Å²) in [5, 5.41) is 3.95. The largest absolute Gasteiger partial charge is 0.497 e. The van der Waals surface area contributed by atoms with E-state index in [0.717, 1.165) is 42.0 Å². The van der Waals surface area contributed by atoms with E-state index in [1.807, 2.05) is 0 Å². The molecule has 1 fully saturated rings. The summed E-state index contributed by atoms with van der Waals surface area (Å²) >= 11 is 12.3. The Bertz CT molecular complexity index is 1480. The van der Waals surface area contributed by atoms with Gasteiger partial charge in [0.2, 0.25) is 11.8 Å². The third-order valence-electron chi connectivity index (χ3n) is 7.41. The highest BCUT2D eigenvalue weighted by Gasteiger charge is 2.33. The summed E-state index contributed by atoms with van der Waals surface area (Å²) in [6.07, 6.45) is 5.03. The molecule has 0 bridgehead atoms. The van der Waals surface area contributed by atoms with Crippen LogP contribution in [0.25, 0.3) is 0 Å². The number of hydrogen-bond acceptors (Lipinski definition) is 5. The van der Waals surface area contributed by atoms with Crippen molar-refractivity contribution in [1.82, 2.24) is 10.2 Å². The summed E-state index contributed by atoms with van der Waals surface area (Å²) in [7, 11) is -2.73. The number of carbonyl (C=O) groups excluding carboxylic acids is 2. The normalized spacial score (nSPS) is 14.6. The monoisotopic (exact) mass is 631 g/mol. The van der Waals surface area contributed by atoms with Crippen molar-refractivity contribution in [3.05, 3.63) is 88.4 Å². The molecule has 0 unspecified atom stereocenters. The van der Waals surface area contributed by atoms with Gasteiger partial charge in [-0.2, -0.15) is 0 Å². The second kappa shape index (κ2) is 14.3. The lowest BCUT2D eigenvalue weighted by Gasteiger charge is -2.33. The van der Waals surface area contributed by atoms with Crippen LogP contribution in [0.2, 0.25) is 10.0 Å². The average molecular weight is 633 g/mol. The van der Waals surface area contributed by atoms with Gasteiger partial charge in [0.1, 0.15) is 18.3 Å². The van der Waals surface area contributed by atoms with E-state index in [-0.39, 0.29) is 29.1 Å². The van der Waals surface area contributed by atoms with Crippen molar-refractivity contribution in [2.75, 3.05) is 18.0 Å². The van der Waals surface area contributed by atoms with E-state index in [1.165, 1.54) is 42.3 Å². The van der Waals surface area contributed by atoms with E-state index < -0.39 is 28.5 Å². The summed E-state index contributed by atoms with van der Waals surface area (Å²) in [6, 6.07) is 18.4. The van der Waals surface area contributed by atoms with Crippen molar-refractivity contribution in [3.8, 4) is 5.75 Å². The van der Waals surface area contributed by atoms with E-state index in [4.69, 9.17) is 27.9 Å². The fourth-order valence-electron chi connectivity index (χ4n) is 4.97. The lowest BCUT2D eigenvalue weighted by molar-refractivity contribution is -0.139. The maximum Gasteiger partial charge on any atom is 0.264 e. The van der Waals surface area contributed by atoms with E-state index in [2.05, 4.69) is 5.32 Å². The van der Waals surface area contributed by atoms with Gasteiger partial charge < -0.3 is 15.0 Å². The highest BCUT2D eigenvalue weighted by Crippen LogP contribution is 2.28. The molecule has 11 heteroatoms. The van der Waals surface area contributed by atoms with Gasteiger partial charge in [-0.25, -0.2) is 8.42 Å². The molecule has 2 amide bonds. The smallest absolute Gasteiger partial charge is 0.264 e. The van der Waals surface area contributed by atoms with E-state index >= 15 is 0 Å². The van der Waals surface area contributed by atoms with Gasteiger partial charge in [-0.15, -0.1) is 0 Å². The van der Waals surface area contributed by atoms with Crippen LogP contribution in [0.5, 0.6) is 5.75 Å². The van der Waals surface area contributed by atoms with Gasteiger partial charge in [0.05, 0.1) is 17.7 Å². The molecule has 8 nitrogen and oxygen atoms in total. The molecule has 0 spiro atoms. The molecule has 1 aliphatic rings. The second-order valence-corrected chi connectivity index (χ2v) is 13.1. The molecule has 1 N–H and O–H groups in total. The summed E-state index contributed by atoms with van der Waals surface area (Å²) in [6.45, 7) is 1.19. The van der Waals surface area contributed by atoms with Crippen molar-refractivity contribution >= 4 is 50.7 Å². The van der Waals surface area contributed by atoms with Crippen LogP contribution in [0.3, 0.4) is 0 Å². The Morgan fingerprint density at radius 2 is 1.62 bits per heavy atom. The zero-order valence-corrected chi connectivity index (χ0v) is 26.0. The Labute approximate surface area is 257 Å². The number of ether oxygens (including phenoxy) is 1. The van der Waals surface area contributed by atoms with Gasteiger partial charge >= 0.3 is 0 Å². The van der Waals surface area contributed by atoms with Crippen LogP contribution in [0.4, 0.5) is 5.69 Å². The van der Waals surface area contributed by atoms with Gasteiger partial charge in [0, 0.05) is 22.6 Å². The maximum atomic E-state index is 14.1. The standard InChI is InChI=1S/C31H35Cl2N3O5S/c1-22(31(38)34-26-8-4-3-5-9-26)35(20-23-11-13-24(32)14-12-23)30(37)21-36(27-10-6-7-25(33)19-27)42(39,40)29-17-15-28(41-2)16-18-29/h6-7,10-19,22,26H,3-5,8-9,20-21H2,1-2H3,(H,34,38)/t22-/m1/s1. The SMILES string of the molecule is COc1ccc(S(=O)(=O)N(CC(=O)N(Cc2ccc(Cl)cc2)[C@H](C)C(=O)NC2CCCCC2)c2cccc(Cl)c2)cc1. The maximum absolute atomic E-state index is 14.1. The van der Waals surface area contributed by atoms with Crippen molar-refractivity contribution in [3.63, 3.8) is 0 Å². The highest BCUT2D eigenvalue weighted by molar-refractivity contribution is 7.92. The number of benzene rings is 3. The molecule has 1 atom stereocenters. The lowest BCUT2D eigenvalue weighted by atomic mass is 9.95. The minimum absolute atomic E-state index is 0.0246. The Kier molecular flexibility index (Phi) is 10.8. The predicted octanol–water partition coefficient (Wildman–Crippen LogP) is 6.06. The van der Waals surface area contributed by atoms with Crippen LogP contribution in [0, 0.1) is 0 Å². The molecular formula is C31H35Cl2N3O5S. The zero-order chi connectivity index (χ0) is 30.3. The Hall–Kier alpha value is -3.27. The van der Waals surface area contributed by atoms with Crippen LogP contribution < -0.4 is 14.4 Å². The van der Waals surface area contributed by atoms with Crippen molar-refractivity contribution in [1.29, 1.82) is 0 Å². The topological polar surface area (TPSA) is 96.0 Å². The quantitative estimate of drug-likeness (QED) is 0.277. The van der Waals surface area contributed by atoms with Gasteiger partial charge in [-0.3, -0.25) is 13.9 Å². The molecule has 0 saturated heterocycles. The van der Waals surface area contributed by atoms with Crippen LogP contribution in [0.15, 0.2) is 77.7 Å². The molecule has 0 heterocycles. The Morgan fingerprint density at radius 1 is 0.952 bits per heavy atom. The zero-order valence-electron chi connectivity index (χ0n) is 23.6. The van der Waals surface area contributed by atoms with E-state index in [0.29, 0.717) is 15.8 Å². The second-order valence-electron chi connectivity index (χ2n) is 10.3. The molecule has 0 aromatic heterocycles. The molecule has 0 radical (unpaired) electrons. The first kappa shape index (κ1) is 31.7. The molecule has 3 aromatic carbocycles. The molecule has 1 aliphatic carbocycles. The minimum atomic E-state index is -4.22. The summed E-state index contributed by atoms with van der Waals surface area (Å²) < 4.78 is 34.1. The predicted molar refractivity (Wildman–Crippen MR) is 165 cm³/mol. The first-order chi connectivity index (χ1) is 20.1. The molecule has 224 valence electrons. The summed E-state index contributed by atoms with van der Waals surface area (Å²) in [5.41, 5.74) is 0.967. The first-order valence-electron chi connectivity index (χ1n) is 13.8. The molecule has 0 aliphatic heterocycles. The van der Waals surface area contributed by atoms with Gasteiger partial charge in [0.25, 0.3) is 10.0 Å². The van der Waals surface area contributed by atoms with Crippen LogP contribution >= 0.6 is 23.2 Å². The van der Waals surface area contributed by atoms with Gasteiger partial charge in [-0.1, -0.05) is 60.7 Å². The highest BCUT2D eigenvalue weighted by atomic mass is 35.5. The minimum Gasteiger partial charge on any atom is -0.497 e. The number of carbonyl (C=O) groups is 2. The lowest BCUT2D eigenvalue weighted by Crippen LogP contribution is -2.53. The number of halogens is 2. The van der Waals surface area contributed by atoms with E-state index in [9.17, 15) is 18.0 Å². The summed E-state index contributed by atoms with van der Waals surface area (Å²) in [4.78, 5) is 28.8. The number of sulfonamides is 1. The number of hydrogen-bond donors (Lipinski definition) is 1. The van der Waals surface area contributed by atoms with Gasteiger partial charge in [-0.05, 0) is 79.9 Å². The number of rotatable bonds is 11. The van der Waals surface area contributed by atoms with Crippen molar-refractivity contribution in [2.24, 2.45) is 0 Å². The summed E-state index contributed by atoms with van der Waals surface area (Å²) in [5.74, 6) is -0.337. The molecule has 4 rings (SSSR count). The number of nitrogens with zero attached hydrogens (tertiary/aromatic N) is 2. The number of nitrogens with one attached hydrogen (secondary N) is 1. The van der Waals surface area contributed by atoms with Crippen LogP contribution in [-0.4, -0.2) is 50.9 Å². The van der Waals surface area contributed by atoms with Crippen molar-refractivity contribution < 1.29 is 22.7 Å². The molecular weight excluding hydrogens is 597 g/mol. The van der Waals surface area contributed by atoms with Gasteiger partial charge in [0.15, 0.2) is 0 Å². The Morgan fingerprint density at radius 3 is 2.24 bits per heavy atom. The fraction of sp³-hybridized carbons (Fsp3) is 0.355. The molecule has 3 aromatic rings. The number of anilines is 1. The molecule has 42 heavy (non-hydrogen) atoms.